The molecule has 2 aromatic rings. The van der Waals surface area contributed by atoms with Gasteiger partial charge in [-0.1, -0.05) is 37.3 Å². The van der Waals surface area contributed by atoms with Crippen LogP contribution in [0.25, 0.3) is 0 Å². The Balaban J connectivity index is 1.70. The Bertz CT molecular complexity index is 525. The highest BCUT2D eigenvalue weighted by atomic mass is 32.2. The van der Waals surface area contributed by atoms with Crippen molar-refractivity contribution in [3.8, 4) is 0 Å². The van der Waals surface area contributed by atoms with E-state index in [9.17, 15) is 4.79 Å². The van der Waals surface area contributed by atoms with Gasteiger partial charge in [0.2, 0.25) is 5.91 Å². The molecule has 0 saturated heterocycles. The molecule has 1 amide bonds. The summed E-state index contributed by atoms with van der Waals surface area (Å²) in [6, 6.07) is 12.2. The van der Waals surface area contributed by atoms with Crippen molar-refractivity contribution in [2.75, 3.05) is 12.3 Å². The zero-order valence-electron chi connectivity index (χ0n) is 12.2. The molecule has 0 bridgehead atoms. The molecule has 4 heteroatoms. The van der Waals surface area contributed by atoms with E-state index in [1.807, 2.05) is 42.1 Å². The molecule has 112 valence electrons. The van der Waals surface area contributed by atoms with Gasteiger partial charge in [0.1, 0.15) is 0 Å². The summed E-state index contributed by atoms with van der Waals surface area (Å²) >= 11 is 3.59. The molecule has 0 aliphatic rings. The van der Waals surface area contributed by atoms with E-state index in [1.165, 1.54) is 5.56 Å². The maximum absolute atomic E-state index is 12.2. The van der Waals surface area contributed by atoms with Crippen LogP contribution < -0.4 is 5.32 Å². The van der Waals surface area contributed by atoms with Crippen LogP contribution in [0.5, 0.6) is 0 Å². The summed E-state index contributed by atoms with van der Waals surface area (Å²) in [5.41, 5.74) is 2.47. The van der Waals surface area contributed by atoms with Crippen molar-refractivity contribution in [2.24, 2.45) is 0 Å². The molecule has 1 unspecified atom stereocenters. The van der Waals surface area contributed by atoms with Crippen molar-refractivity contribution < 1.29 is 4.79 Å². The van der Waals surface area contributed by atoms with Gasteiger partial charge in [0.05, 0.1) is 5.92 Å². The highest BCUT2D eigenvalue weighted by Crippen LogP contribution is 2.19. The first-order chi connectivity index (χ1) is 10.3. The largest absolute Gasteiger partial charge is 0.355 e. The predicted molar refractivity (Wildman–Crippen MR) is 93.0 cm³/mol. The lowest BCUT2D eigenvalue weighted by Gasteiger charge is -2.15. The van der Waals surface area contributed by atoms with Crippen molar-refractivity contribution in [3.63, 3.8) is 0 Å². The third-order valence-electron chi connectivity index (χ3n) is 3.32. The summed E-state index contributed by atoms with van der Waals surface area (Å²) in [6.45, 7) is 2.79. The third-order valence-corrected chi connectivity index (χ3v) is 5.08. The second-order valence-electron chi connectivity index (χ2n) is 4.85. The van der Waals surface area contributed by atoms with Gasteiger partial charge in [0.25, 0.3) is 0 Å². The van der Waals surface area contributed by atoms with Crippen LogP contribution in [-0.4, -0.2) is 18.2 Å². The molecule has 0 saturated carbocycles. The van der Waals surface area contributed by atoms with Crippen molar-refractivity contribution in [3.05, 3.63) is 58.3 Å². The third kappa shape index (κ3) is 5.21. The maximum Gasteiger partial charge on any atom is 0.227 e. The highest BCUT2D eigenvalue weighted by molar-refractivity contribution is 7.98. The first kappa shape index (κ1) is 16.1. The number of carbonyl (C=O) groups is 1. The number of thiophene rings is 1. The lowest BCUT2D eigenvalue weighted by Crippen LogP contribution is -2.30. The molecule has 1 atom stereocenters. The van der Waals surface area contributed by atoms with Crippen LogP contribution in [0.15, 0.2) is 47.2 Å². The summed E-state index contributed by atoms with van der Waals surface area (Å²) < 4.78 is 0. The van der Waals surface area contributed by atoms with Gasteiger partial charge in [-0.05, 0) is 34.4 Å². The Hall–Kier alpha value is -1.26. The van der Waals surface area contributed by atoms with Crippen LogP contribution in [0.3, 0.4) is 0 Å². The number of benzene rings is 1. The monoisotopic (exact) mass is 319 g/mol. The fourth-order valence-electron chi connectivity index (χ4n) is 2.19. The van der Waals surface area contributed by atoms with Gasteiger partial charge >= 0.3 is 0 Å². The number of carbonyl (C=O) groups excluding carboxylic acids is 1. The Labute approximate surface area is 135 Å². The van der Waals surface area contributed by atoms with Crippen LogP contribution in [0.4, 0.5) is 0 Å². The SMILES string of the molecule is CCC(C(=O)NCCSCc1ccsc1)c1ccccc1. The van der Waals surface area contributed by atoms with E-state index >= 15 is 0 Å². The lowest BCUT2D eigenvalue weighted by molar-refractivity contribution is -0.122. The molecule has 1 N–H and O–H groups in total. The van der Waals surface area contributed by atoms with E-state index in [1.54, 1.807) is 11.3 Å². The molecule has 0 spiro atoms. The van der Waals surface area contributed by atoms with Gasteiger partial charge < -0.3 is 5.32 Å². The molecule has 0 fully saturated rings. The number of thioether (sulfide) groups is 1. The van der Waals surface area contributed by atoms with Gasteiger partial charge in [-0.2, -0.15) is 23.1 Å². The fourth-order valence-corrected chi connectivity index (χ4v) is 3.77. The maximum atomic E-state index is 12.2. The zero-order chi connectivity index (χ0) is 14.9. The van der Waals surface area contributed by atoms with Gasteiger partial charge in [-0.25, -0.2) is 0 Å². The minimum absolute atomic E-state index is 0.0342. The average molecular weight is 319 g/mol. The second-order valence-corrected chi connectivity index (χ2v) is 6.73. The van der Waals surface area contributed by atoms with Crippen LogP contribution in [0, 0.1) is 0 Å². The fraction of sp³-hybridized carbons (Fsp3) is 0.353. The molecule has 0 radical (unpaired) electrons. The minimum Gasteiger partial charge on any atom is -0.355 e. The Kier molecular flexibility index (Phi) is 6.83. The molecule has 1 aromatic carbocycles. The van der Waals surface area contributed by atoms with Crippen molar-refractivity contribution in [2.45, 2.75) is 25.0 Å². The molecule has 0 aliphatic carbocycles. The highest BCUT2D eigenvalue weighted by Gasteiger charge is 2.17. The molecule has 0 aliphatic heterocycles. The zero-order valence-corrected chi connectivity index (χ0v) is 13.9. The minimum atomic E-state index is -0.0342. The van der Waals surface area contributed by atoms with Gasteiger partial charge in [0, 0.05) is 18.1 Å². The normalized spacial score (nSPS) is 12.0. The van der Waals surface area contributed by atoms with Gasteiger partial charge in [-0.3, -0.25) is 4.79 Å². The van der Waals surface area contributed by atoms with E-state index in [-0.39, 0.29) is 11.8 Å². The summed E-state index contributed by atoms with van der Waals surface area (Å²) in [7, 11) is 0. The summed E-state index contributed by atoms with van der Waals surface area (Å²) in [5.74, 6) is 2.08. The quantitative estimate of drug-likeness (QED) is 0.735. The molecule has 1 aromatic heterocycles. The number of nitrogens with one attached hydrogen (secondary N) is 1. The molecule has 1 heterocycles. The summed E-state index contributed by atoms with van der Waals surface area (Å²) in [4.78, 5) is 12.2. The van der Waals surface area contributed by atoms with E-state index < -0.39 is 0 Å². The standard InChI is InChI=1S/C17H21NOS2/c1-2-16(15-6-4-3-5-7-15)17(19)18-9-11-21-13-14-8-10-20-12-14/h3-8,10,12,16H,2,9,11,13H2,1H3,(H,18,19). The van der Waals surface area contributed by atoms with E-state index in [0.29, 0.717) is 0 Å². The molecular formula is C17H21NOS2. The Morgan fingerprint density at radius 1 is 1.29 bits per heavy atom. The lowest BCUT2D eigenvalue weighted by atomic mass is 9.96. The van der Waals surface area contributed by atoms with Crippen molar-refractivity contribution >= 4 is 29.0 Å². The predicted octanol–water partition coefficient (Wildman–Crippen LogP) is 4.29. The Morgan fingerprint density at radius 3 is 2.76 bits per heavy atom. The van der Waals surface area contributed by atoms with Crippen LogP contribution in [0.1, 0.15) is 30.4 Å². The second kappa shape index (κ2) is 8.90. The molecule has 2 nitrogen and oxygen atoms in total. The number of hydrogen-bond acceptors (Lipinski definition) is 3. The smallest absolute Gasteiger partial charge is 0.227 e. The first-order valence-electron chi connectivity index (χ1n) is 7.22. The van der Waals surface area contributed by atoms with Crippen molar-refractivity contribution in [1.82, 2.24) is 5.32 Å². The average Bonchev–Trinajstić information content (AvgIpc) is 3.02. The van der Waals surface area contributed by atoms with Crippen LogP contribution >= 0.6 is 23.1 Å². The number of amides is 1. The van der Waals surface area contributed by atoms with Crippen molar-refractivity contribution in [1.29, 1.82) is 0 Å². The van der Waals surface area contributed by atoms with Gasteiger partial charge in [-0.15, -0.1) is 0 Å². The van der Waals surface area contributed by atoms with E-state index in [4.69, 9.17) is 0 Å². The topological polar surface area (TPSA) is 29.1 Å². The van der Waals surface area contributed by atoms with E-state index in [2.05, 4.69) is 29.1 Å². The molecule has 2 rings (SSSR count). The number of rotatable bonds is 8. The first-order valence-corrected chi connectivity index (χ1v) is 9.32. The number of hydrogen-bond donors (Lipinski definition) is 1. The Morgan fingerprint density at radius 2 is 2.10 bits per heavy atom. The molecular weight excluding hydrogens is 298 g/mol. The molecule has 21 heavy (non-hydrogen) atoms. The van der Waals surface area contributed by atoms with E-state index in [0.717, 1.165) is 30.0 Å². The summed E-state index contributed by atoms with van der Waals surface area (Å²) in [6.07, 6.45) is 0.831. The van der Waals surface area contributed by atoms with Crippen LogP contribution in [-0.2, 0) is 10.5 Å². The van der Waals surface area contributed by atoms with Gasteiger partial charge in [0.15, 0.2) is 0 Å². The summed E-state index contributed by atoms with van der Waals surface area (Å²) in [5, 5.41) is 7.33. The van der Waals surface area contributed by atoms with Crippen LogP contribution in [0.2, 0.25) is 0 Å².